The van der Waals surface area contributed by atoms with Crippen LogP contribution in [0.4, 0.5) is 0 Å². The Morgan fingerprint density at radius 3 is 1.87 bits per heavy atom. The molecule has 0 aliphatic rings. The lowest BCUT2D eigenvalue weighted by Gasteiger charge is -1.96. The van der Waals surface area contributed by atoms with Gasteiger partial charge in [0.05, 0.1) is 0 Å². The molecule has 1 nitrogen and oxygen atoms in total. The van der Waals surface area contributed by atoms with E-state index < -0.39 is 0 Å². The third kappa shape index (κ3) is 13.4. The van der Waals surface area contributed by atoms with E-state index in [0.717, 1.165) is 32.0 Å². The predicted octanol–water partition coefficient (Wildman–Crippen LogP) is 4.66. The highest BCUT2D eigenvalue weighted by molar-refractivity contribution is 5.48. The zero-order chi connectivity index (χ0) is 11.2. The highest BCUT2D eigenvalue weighted by atomic mass is 16.1. The molecule has 0 aliphatic carbocycles. The Morgan fingerprint density at radius 1 is 0.733 bits per heavy atom. The van der Waals surface area contributed by atoms with Crippen LogP contribution in [0.2, 0.25) is 0 Å². The average Bonchev–Trinajstić information content (AvgIpc) is 2.26. The fourth-order valence-corrected chi connectivity index (χ4v) is 1.59. The van der Waals surface area contributed by atoms with E-state index in [1.165, 1.54) is 38.5 Å². The predicted molar refractivity (Wildman–Crippen MR) is 67.0 cm³/mol. The molecule has 0 fully saturated rings. The Bertz CT molecular complexity index is 149. The van der Waals surface area contributed by atoms with Gasteiger partial charge in [-0.25, -0.2) is 0 Å². The van der Waals surface area contributed by atoms with Crippen molar-refractivity contribution in [3.63, 3.8) is 0 Å². The van der Waals surface area contributed by atoms with Crippen molar-refractivity contribution in [3.8, 4) is 0 Å². The lowest BCUT2D eigenvalue weighted by molar-refractivity contribution is -0.107. The first-order chi connectivity index (χ1) is 7.41. The van der Waals surface area contributed by atoms with Gasteiger partial charge in [0, 0.05) is 6.42 Å². The number of hydrogen-bond donors (Lipinski definition) is 0. The smallest absolute Gasteiger partial charge is 0.119 e. The van der Waals surface area contributed by atoms with Crippen molar-refractivity contribution >= 4 is 6.29 Å². The number of aldehydes is 1. The first-order valence-corrected chi connectivity index (χ1v) is 6.50. The van der Waals surface area contributed by atoms with E-state index in [2.05, 4.69) is 19.1 Å². The summed E-state index contributed by atoms with van der Waals surface area (Å²) in [5, 5.41) is 0. The standard InChI is InChI=1S/C14H26O/c1-2-3-4-5-6-7-8-9-10-11-12-13-14-15/h8-9,14H,2-7,10-13H2,1H3/b9-8-. The second-order valence-electron chi connectivity index (χ2n) is 4.13. The van der Waals surface area contributed by atoms with Gasteiger partial charge >= 0.3 is 0 Å². The largest absolute Gasteiger partial charge is 0.303 e. The summed E-state index contributed by atoms with van der Waals surface area (Å²) in [6.07, 6.45) is 17.7. The average molecular weight is 210 g/mol. The molecule has 0 radical (unpaired) electrons. The van der Waals surface area contributed by atoms with E-state index >= 15 is 0 Å². The van der Waals surface area contributed by atoms with Gasteiger partial charge in [0.15, 0.2) is 0 Å². The summed E-state index contributed by atoms with van der Waals surface area (Å²) in [5.74, 6) is 0. The van der Waals surface area contributed by atoms with Gasteiger partial charge in [-0.15, -0.1) is 0 Å². The summed E-state index contributed by atoms with van der Waals surface area (Å²) >= 11 is 0. The molecule has 0 unspecified atom stereocenters. The summed E-state index contributed by atoms with van der Waals surface area (Å²) in [4.78, 5) is 10.0. The summed E-state index contributed by atoms with van der Waals surface area (Å²) < 4.78 is 0. The number of allylic oxidation sites excluding steroid dienone is 2. The summed E-state index contributed by atoms with van der Waals surface area (Å²) in [5.41, 5.74) is 0. The molecule has 1 heteroatoms. The van der Waals surface area contributed by atoms with Gasteiger partial charge in [0.2, 0.25) is 0 Å². The van der Waals surface area contributed by atoms with Gasteiger partial charge in [-0.1, -0.05) is 44.8 Å². The maximum atomic E-state index is 10.0. The van der Waals surface area contributed by atoms with Gasteiger partial charge < -0.3 is 4.79 Å². The van der Waals surface area contributed by atoms with E-state index in [1.807, 2.05) is 0 Å². The highest BCUT2D eigenvalue weighted by Gasteiger charge is 1.87. The van der Waals surface area contributed by atoms with Gasteiger partial charge in [-0.3, -0.25) is 0 Å². The van der Waals surface area contributed by atoms with E-state index in [0.29, 0.717) is 0 Å². The van der Waals surface area contributed by atoms with Crippen LogP contribution in [0.5, 0.6) is 0 Å². The number of carbonyl (C=O) groups excluding carboxylic acids is 1. The summed E-state index contributed by atoms with van der Waals surface area (Å²) in [6.45, 7) is 2.25. The molecule has 0 bridgehead atoms. The molecule has 0 rings (SSSR count). The quantitative estimate of drug-likeness (QED) is 0.275. The van der Waals surface area contributed by atoms with Crippen molar-refractivity contribution in [1.82, 2.24) is 0 Å². The minimum absolute atomic E-state index is 0.727. The molecule has 0 aromatic rings. The van der Waals surface area contributed by atoms with Gasteiger partial charge in [0.25, 0.3) is 0 Å². The molecule has 0 amide bonds. The van der Waals surface area contributed by atoms with Crippen molar-refractivity contribution in [2.75, 3.05) is 0 Å². The van der Waals surface area contributed by atoms with Crippen molar-refractivity contribution in [2.45, 2.75) is 71.1 Å². The van der Waals surface area contributed by atoms with Crippen molar-refractivity contribution in [2.24, 2.45) is 0 Å². The van der Waals surface area contributed by atoms with E-state index in [-0.39, 0.29) is 0 Å². The van der Waals surface area contributed by atoms with Crippen molar-refractivity contribution < 1.29 is 4.79 Å². The van der Waals surface area contributed by atoms with Crippen LogP contribution in [0, 0.1) is 0 Å². The molecule has 88 valence electrons. The highest BCUT2D eigenvalue weighted by Crippen LogP contribution is 2.06. The maximum absolute atomic E-state index is 10.0. The molecule has 0 spiro atoms. The first kappa shape index (κ1) is 14.4. The second-order valence-corrected chi connectivity index (χ2v) is 4.13. The van der Waals surface area contributed by atoms with E-state index in [9.17, 15) is 4.79 Å². The lowest BCUT2D eigenvalue weighted by Crippen LogP contribution is -1.77. The molecule has 0 aliphatic heterocycles. The van der Waals surface area contributed by atoms with Gasteiger partial charge in [0.1, 0.15) is 6.29 Å². The summed E-state index contributed by atoms with van der Waals surface area (Å²) in [7, 11) is 0. The van der Waals surface area contributed by atoms with Crippen LogP contribution in [-0.4, -0.2) is 6.29 Å². The Balaban J connectivity index is 3.00. The Hall–Kier alpha value is -0.590. The normalized spacial score (nSPS) is 11.0. The number of unbranched alkanes of at least 4 members (excludes halogenated alkanes) is 8. The lowest BCUT2D eigenvalue weighted by atomic mass is 10.1. The van der Waals surface area contributed by atoms with Crippen molar-refractivity contribution in [3.05, 3.63) is 12.2 Å². The molecular formula is C14H26O. The van der Waals surface area contributed by atoms with Crippen LogP contribution in [0.25, 0.3) is 0 Å². The van der Waals surface area contributed by atoms with Crippen LogP contribution < -0.4 is 0 Å². The Kier molecular flexibility index (Phi) is 12.9. The van der Waals surface area contributed by atoms with Crippen LogP contribution >= 0.6 is 0 Å². The topological polar surface area (TPSA) is 17.1 Å². The molecule has 15 heavy (non-hydrogen) atoms. The molecular weight excluding hydrogens is 184 g/mol. The minimum Gasteiger partial charge on any atom is -0.303 e. The fourth-order valence-electron chi connectivity index (χ4n) is 1.59. The van der Waals surface area contributed by atoms with E-state index in [1.54, 1.807) is 0 Å². The zero-order valence-corrected chi connectivity index (χ0v) is 10.2. The van der Waals surface area contributed by atoms with Crippen LogP contribution in [0.15, 0.2) is 12.2 Å². The molecule has 0 saturated carbocycles. The van der Waals surface area contributed by atoms with E-state index in [4.69, 9.17) is 0 Å². The monoisotopic (exact) mass is 210 g/mol. The molecule has 0 aromatic carbocycles. The maximum Gasteiger partial charge on any atom is 0.119 e. The molecule has 0 aromatic heterocycles. The number of carbonyl (C=O) groups is 1. The molecule has 0 N–H and O–H groups in total. The molecule has 0 heterocycles. The fraction of sp³-hybridized carbons (Fsp3) is 0.786. The molecule has 0 saturated heterocycles. The third-order valence-corrected chi connectivity index (χ3v) is 2.58. The Morgan fingerprint density at radius 2 is 1.27 bits per heavy atom. The second kappa shape index (κ2) is 13.4. The third-order valence-electron chi connectivity index (χ3n) is 2.58. The van der Waals surface area contributed by atoms with Crippen molar-refractivity contribution in [1.29, 1.82) is 0 Å². The zero-order valence-electron chi connectivity index (χ0n) is 10.2. The van der Waals surface area contributed by atoms with Crippen LogP contribution in [-0.2, 0) is 4.79 Å². The van der Waals surface area contributed by atoms with Gasteiger partial charge in [-0.2, -0.15) is 0 Å². The van der Waals surface area contributed by atoms with Crippen LogP contribution in [0.1, 0.15) is 71.1 Å². The Labute approximate surface area is 95.0 Å². The SMILES string of the molecule is CCCCCCC/C=C\CCCCC=O. The number of hydrogen-bond acceptors (Lipinski definition) is 1. The molecule has 0 atom stereocenters. The summed E-state index contributed by atoms with van der Waals surface area (Å²) in [6, 6.07) is 0. The first-order valence-electron chi connectivity index (χ1n) is 6.50. The minimum atomic E-state index is 0.727. The van der Waals surface area contributed by atoms with Gasteiger partial charge in [-0.05, 0) is 32.1 Å². The number of rotatable bonds is 11. The van der Waals surface area contributed by atoms with Crippen LogP contribution in [0.3, 0.4) is 0 Å².